The van der Waals surface area contributed by atoms with Crippen molar-refractivity contribution in [3.63, 3.8) is 0 Å². The van der Waals surface area contributed by atoms with E-state index in [2.05, 4.69) is 19.8 Å². The Morgan fingerprint density at radius 2 is 1.94 bits per heavy atom. The summed E-state index contributed by atoms with van der Waals surface area (Å²) in [6, 6.07) is 3.32. The summed E-state index contributed by atoms with van der Waals surface area (Å²) in [7, 11) is -4.19. The molecule has 0 radical (unpaired) electrons. The summed E-state index contributed by atoms with van der Waals surface area (Å²) in [5.41, 5.74) is -2.53. The fourth-order valence-electron chi connectivity index (χ4n) is 3.89. The number of nitrogens with two attached hydrogens (primary N) is 1. The van der Waals surface area contributed by atoms with Gasteiger partial charge in [0.05, 0.1) is 11.9 Å². The number of amides is 2. The van der Waals surface area contributed by atoms with Crippen LogP contribution in [0.1, 0.15) is 30.3 Å². The number of pyridine rings is 1. The molecule has 1 aromatic carbocycles. The maximum atomic E-state index is 14.6. The third-order valence-corrected chi connectivity index (χ3v) is 6.64. The second-order valence-corrected chi connectivity index (χ2v) is 9.40. The highest BCUT2D eigenvalue weighted by molar-refractivity contribution is 7.91. The van der Waals surface area contributed by atoms with Crippen molar-refractivity contribution in [2.45, 2.75) is 43.9 Å². The number of urea groups is 1. The van der Waals surface area contributed by atoms with Crippen LogP contribution in [0.3, 0.4) is 0 Å². The summed E-state index contributed by atoms with van der Waals surface area (Å²) in [5.74, 6) is -2.04. The van der Waals surface area contributed by atoms with Gasteiger partial charge in [0.25, 0.3) is 0 Å². The molecule has 35 heavy (non-hydrogen) atoms. The van der Waals surface area contributed by atoms with Gasteiger partial charge in [0.15, 0.2) is 21.4 Å². The number of anilines is 1. The van der Waals surface area contributed by atoms with Crippen LogP contribution in [0.4, 0.5) is 32.4 Å². The van der Waals surface area contributed by atoms with E-state index in [1.807, 2.05) is 0 Å². The van der Waals surface area contributed by atoms with Gasteiger partial charge in [0.2, 0.25) is 5.03 Å². The van der Waals surface area contributed by atoms with E-state index in [9.17, 15) is 31.0 Å². The van der Waals surface area contributed by atoms with Crippen LogP contribution < -0.4 is 10.5 Å². The zero-order chi connectivity index (χ0) is 25.5. The lowest BCUT2D eigenvalue weighted by Gasteiger charge is -2.20. The van der Waals surface area contributed by atoms with Gasteiger partial charge in [-0.2, -0.15) is 18.3 Å². The SMILES string of the molecule is CCn1cc(F)c([S@](N)(=O)=NC(=O)Nc2c3c(nc(C(F)(F)F)c2-c2ccccc2F)CCC3)n1. The molecule has 1 atom stereocenters. The molecule has 0 aliphatic heterocycles. The molecule has 3 aromatic rings. The summed E-state index contributed by atoms with van der Waals surface area (Å²) in [4.78, 5) is 16.5. The molecule has 186 valence electrons. The van der Waals surface area contributed by atoms with Gasteiger partial charge in [-0.3, -0.25) is 4.68 Å². The molecule has 1 aliphatic rings. The Morgan fingerprint density at radius 3 is 2.57 bits per heavy atom. The van der Waals surface area contributed by atoms with Crippen molar-refractivity contribution in [2.75, 3.05) is 5.32 Å². The molecule has 2 amide bonds. The van der Waals surface area contributed by atoms with E-state index in [4.69, 9.17) is 5.14 Å². The van der Waals surface area contributed by atoms with E-state index in [0.29, 0.717) is 6.42 Å². The van der Waals surface area contributed by atoms with Gasteiger partial charge in [-0.15, -0.1) is 4.36 Å². The first-order chi connectivity index (χ1) is 16.4. The van der Waals surface area contributed by atoms with Crippen LogP contribution in [0.5, 0.6) is 0 Å². The van der Waals surface area contributed by atoms with Crippen molar-refractivity contribution in [3.8, 4) is 11.1 Å². The number of hydrogen-bond donors (Lipinski definition) is 2. The van der Waals surface area contributed by atoms with Crippen molar-refractivity contribution in [3.05, 3.63) is 59.0 Å². The summed E-state index contributed by atoms with van der Waals surface area (Å²) in [6.07, 6.45) is -3.15. The molecule has 0 fully saturated rings. The molecule has 3 N–H and O–H groups in total. The third kappa shape index (κ3) is 4.75. The minimum absolute atomic E-state index is 0.0916. The monoisotopic (exact) mass is 514 g/mol. The highest BCUT2D eigenvalue weighted by Gasteiger charge is 2.40. The Hall–Kier alpha value is -3.39. The summed E-state index contributed by atoms with van der Waals surface area (Å²) < 4.78 is 87.9. The quantitative estimate of drug-likeness (QED) is 0.492. The molecule has 0 saturated carbocycles. The molecule has 0 spiro atoms. The Labute approximate surface area is 196 Å². The molecule has 4 rings (SSSR count). The minimum Gasteiger partial charge on any atom is -0.304 e. The summed E-state index contributed by atoms with van der Waals surface area (Å²) in [6.45, 7) is 1.85. The number of aryl methyl sites for hydroxylation is 2. The van der Waals surface area contributed by atoms with Gasteiger partial charge < -0.3 is 5.32 Å². The summed E-state index contributed by atoms with van der Waals surface area (Å²) in [5, 5.41) is 10.7. The number of benzene rings is 1. The molecule has 1 aliphatic carbocycles. The topological polar surface area (TPSA) is 115 Å². The van der Waals surface area contributed by atoms with Crippen molar-refractivity contribution in [1.82, 2.24) is 14.8 Å². The van der Waals surface area contributed by atoms with Gasteiger partial charge in [0, 0.05) is 23.4 Å². The first kappa shape index (κ1) is 24.7. The largest absolute Gasteiger partial charge is 0.434 e. The zero-order valence-electron chi connectivity index (χ0n) is 18.2. The number of rotatable bonds is 4. The Kier molecular flexibility index (Phi) is 6.36. The number of alkyl halides is 3. The number of carbonyl (C=O) groups is 1. The molecule has 14 heteroatoms. The normalized spacial score (nSPS) is 14.9. The van der Waals surface area contributed by atoms with Gasteiger partial charge in [-0.05, 0) is 37.8 Å². The second-order valence-electron chi connectivity index (χ2n) is 7.69. The highest BCUT2D eigenvalue weighted by Crippen LogP contribution is 2.45. The van der Waals surface area contributed by atoms with Crippen LogP contribution in [-0.2, 0) is 35.5 Å². The number of nitrogens with one attached hydrogen (secondary N) is 1. The average Bonchev–Trinajstić information content (AvgIpc) is 3.39. The number of fused-ring (bicyclic) bond motifs is 1. The van der Waals surface area contributed by atoms with Crippen molar-refractivity contribution < 1.29 is 31.0 Å². The van der Waals surface area contributed by atoms with Crippen LogP contribution in [0.15, 0.2) is 39.9 Å². The molecular formula is C21H19F5N6O2S. The molecule has 0 saturated heterocycles. The molecule has 2 heterocycles. The molecular weight excluding hydrogens is 495 g/mol. The molecule has 2 aromatic heterocycles. The number of carbonyl (C=O) groups excluding carboxylic acids is 1. The fourth-order valence-corrected chi connectivity index (χ4v) is 4.82. The van der Waals surface area contributed by atoms with Crippen molar-refractivity contribution in [1.29, 1.82) is 0 Å². The van der Waals surface area contributed by atoms with E-state index in [1.54, 1.807) is 6.92 Å². The van der Waals surface area contributed by atoms with Crippen LogP contribution in [0.25, 0.3) is 11.1 Å². The summed E-state index contributed by atoms with van der Waals surface area (Å²) >= 11 is 0. The van der Waals surface area contributed by atoms with Gasteiger partial charge in [-0.25, -0.2) is 27.9 Å². The Balaban J connectivity index is 1.88. The Morgan fingerprint density at radius 1 is 1.23 bits per heavy atom. The van der Waals surface area contributed by atoms with Gasteiger partial charge in [0.1, 0.15) is 5.82 Å². The van der Waals surface area contributed by atoms with Gasteiger partial charge >= 0.3 is 12.2 Å². The van der Waals surface area contributed by atoms with Crippen molar-refractivity contribution in [2.24, 2.45) is 9.50 Å². The first-order valence-corrected chi connectivity index (χ1v) is 12.0. The van der Waals surface area contributed by atoms with Crippen LogP contribution in [0.2, 0.25) is 0 Å². The fraction of sp³-hybridized carbons (Fsp3) is 0.286. The van der Waals surface area contributed by atoms with E-state index in [-0.39, 0.29) is 36.3 Å². The standard InChI is InChI=1S/C21H19F5N6O2S/c1-2-32-10-14(23)19(30-32)35(27,34)31-20(33)29-17-12-7-5-9-15(12)28-18(21(24,25)26)16(17)11-6-3-4-8-13(11)22/h3-4,6,8,10H,2,5,7,9H2,1H3,(H3,27,28,29,31,33,34)/t35-/m1/s1. The predicted molar refractivity (Wildman–Crippen MR) is 117 cm³/mol. The lowest BCUT2D eigenvalue weighted by molar-refractivity contribution is -0.140. The highest BCUT2D eigenvalue weighted by atomic mass is 32.2. The second kappa shape index (κ2) is 9.00. The maximum Gasteiger partial charge on any atom is 0.434 e. The van der Waals surface area contributed by atoms with Crippen LogP contribution >= 0.6 is 0 Å². The molecule has 8 nitrogen and oxygen atoms in total. The lowest BCUT2D eigenvalue weighted by atomic mass is 9.97. The minimum atomic E-state index is -4.98. The number of nitrogens with zero attached hydrogens (tertiary/aromatic N) is 4. The van der Waals surface area contributed by atoms with E-state index in [0.717, 1.165) is 23.0 Å². The maximum absolute atomic E-state index is 14.6. The number of hydrogen-bond acceptors (Lipinski definition) is 4. The molecule has 0 unspecified atom stereocenters. The Bertz CT molecular complexity index is 1440. The van der Waals surface area contributed by atoms with E-state index in [1.165, 1.54) is 12.1 Å². The lowest BCUT2D eigenvalue weighted by Crippen LogP contribution is -2.21. The zero-order valence-corrected chi connectivity index (χ0v) is 19.0. The van der Waals surface area contributed by atoms with Crippen molar-refractivity contribution >= 4 is 21.6 Å². The first-order valence-electron chi connectivity index (χ1n) is 10.4. The number of halogens is 5. The average molecular weight is 514 g/mol. The smallest absolute Gasteiger partial charge is 0.304 e. The van der Waals surface area contributed by atoms with Crippen LogP contribution in [-0.4, -0.2) is 25.0 Å². The van der Waals surface area contributed by atoms with E-state index >= 15 is 0 Å². The number of aromatic nitrogens is 3. The predicted octanol–water partition coefficient (Wildman–Crippen LogP) is 4.68. The van der Waals surface area contributed by atoms with Crippen LogP contribution in [0, 0.1) is 11.6 Å². The third-order valence-electron chi connectivity index (χ3n) is 5.37. The van der Waals surface area contributed by atoms with Gasteiger partial charge in [-0.1, -0.05) is 18.2 Å². The van der Waals surface area contributed by atoms with E-state index < -0.39 is 55.6 Å². The molecule has 0 bridgehead atoms.